The smallest absolute Gasteiger partial charge is 0.399 e. The predicted octanol–water partition coefficient (Wildman–Crippen LogP) is 3.26. The molecular weight excluding hydrogens is 325 g/mol. The molecule has 1 amide bonds. The van der Waals surface area contributed by atoms with Crippen molar-refractivity contribution in [2.75, 3.05) is 7.05 Å². The van der Waals surface area contributed by atoms with Crippen molar-refractivity contribution in [2.24, 2.45) is 0 Å². The summed E-state index contributed by atoms with van der Waals surface area (Å²) < 4.78 is 12.3. The van der Waals surface area contributed by atoms with Gasteiger partial charge in [0.05, 0.1) is 11.2 Å². The molecule has 1 fully saturated rings. The van der Waals surface area contributed by atoms with E-state index in [2.05, 4.69) is 0 Å². The zero-order valence-corrected chi connectivity index (χ0v) is 16.2. The van der Waals surface area contributed by atoms with Crippen molar-refractivity contribution in [1.82, 2.24) is 4.90 Å². The maximum absolute atomic E-state index is 13.1. The second-order valence-electron chi connectivity index (χ2n) is 7.82. The van der Waals surface area contributed by atoms with Crippen LogP contribution in [0.2, 0.25) is 0 Å². The van der Waals surface area contributed by atoms with Gasteiger partial charge in [-0.25, -0.2) is 0 Å². The van der Waals surface area contributed by atoms with Crippen LogP contribution in [0.4, 0.5) is 0 Å². The van der Waals surface area contributed by atoms with Gasteiger partial charge in [0.1, 0.15) is 0 Å². The van der Waals surface area contributed by atoms with E-state index in [1.807, 2.05) is 89.3 Å². The third-order valence-electron chi connectivity index (χ3n) is 5.31. The SMILES string of the molecule is CN(Cc1ccccc1)C(=O)c1ccccc1B1OC(C)(C)C(C)(C)O1. The van der Waals surface area contributed by atoms with E-state index in [0.717, 1.165) is 11.0 Å². The summed E-state index contributed by atoms with van der Waals surface area (Å²) in [6.45, 7) is 8.60. The van der Waals surface area contributed by atoms with Gasteiger partial charge in [0.25, 0.3) is 5.91 Å². The zero-order valence-electron chi connectivity index (χ0n) is 16.2. The zero-order chi connectivity index (χ0) is 18.9. The summed E-state index contributed by atoms with van der Waals surface area (Å²) in [6.07, 6.45) is 0. The highest BCUT2D eigenvalue weighted by molar-refractivity contribution is 6.63. The second-order valence-corrected chi connectivity index (χ2v) is 7.82. The minimum atomic E-state index is -0.551. The number of nitrogens with zero attached hydrogens (tertiary/aromatic N) is 1. The van der Waals surface area contributed by atoms with Crippen LogP contribution in [0.3, 0.4) is 0 Å². The molecule has 2 aromatic carbocycles. The largest absolute Gasteiger partial charge is 0.495 e. The Morgan fingerprint density at radius 1 is 0.923 bits per heavy atom. The van der Waals surface area contributed by atoms with Crippen molar-refractivity contribution in [1.29, 1.82) is 0 Å². The molecule has 0 spiro atoms. The number of amides is 1. The van der Waals surface area contributed by atoms with Gasteiger partial charge >= 0.3 is 7.12 Å². The molecular formula is C21H26BNO3. The van der Waals surface area contributed by atoms with E-state index in [1.54, 1.807) is 4.90 Å². The Balaban J connectivity index is 1.84. The van der Waals surface area contributed by atoms with Crippen LogP contribution in [0.15, 0.2) is 54.6 Å². The molecule has 1 aliphatic rings. The number of rotatable bonds is 4. The number of hydrogen-bond acceptors (Lipinski definition) is 3. The first-order valence-corrected chi connectivity index (χ1v) is 8.95. The van der Waals surface area contributed by atoms with Crippen LogP contribution in [0, 0.1) is 0 Å². The Morgan fingerprint density at radius 3 is 2.08 bits per heavy atom. The van der Waals surface area contributed by atoms with Gasteiger partial charge < -0.3 is 14.2 Å². The third-order valence-corrected chi connectivity index (χ3v) is 5.31. The van der Waals surface area contributed by atoms with Crippen molar-refractivity contribution in [3.05, 3.63) is 65.7 Å². The van der Waals surface area contributed by atoms with Crippen LogP contribution in [0.1, 0.15) is 43.6 Å². The quantitative estimate of drug-likeness (QED) is 0.794. The minimum absolute atomic E-state index is 0.0424. The lowest BCUT2D eigenvalue weighted by atomic mass is 9.75. The van der Waals surface area contributed by atoms with E-state index >= 15 is 0 Å². The van der Waals surface area contributed by atoms with Gasteiger partial charge in [-0.05, 0) is 44.8 Å². The van der Waals surface area contributed by atoms with Crippen LogP contribution in [0.5, 0.6) is 0 Å². The summed E-state index contributed by atoms with van der Waals surface area (Å²) >= 11 is 0. The van der Waals surface area contributed by atoms with Crippen LogP contribution < -0.4 is 5.46 Å². The highest BCUT2D eigenvalue weighted by atomic mass is 16.7. The van der Waals surface area contributed by atoms with Gasteiger partial charge in [0, 0.05) is 19.2 Å². The van der Waals surface area contributed by atoms with Gasteiger partial charge in [-0.2, -0.15) is 0 Å². The van der Waals surface area contributed by atoms with Crippen molar-refractivity contribution >= 4 is 18.5 Å². The molecule has 0 unspecified atom stereocenters. The molecule has 0 aromatic heterocycles. The van der Waals surface area contributed by atoms with E-state index in [-0.39, 0.29) is 5.91 Å². The van der Waals surface area contributed by atoms with E-state index in [0.29, 0.717) is 12.1 Å². The van der Waals surface area contributed by atoms with Crippen LogP contribution >= 0.6 is 0 Å². The monoisotopic (exact) mass is 351 g/mol. The molecule has 0 radical (unpaired) electrons. The molecule has 0 aliphatic carbocycles. The molecule has 1 heterocycles. The van der Waals surface area contributed by atoms with Gasteiger partial charge in [-0.1, -0.05) is 48.5 Å². The molecule has 0 saturated carbocycles. The van der Waals surface area contributed by atoms with Crippen LogP contribution in [-0.4, -0.2) is 36.2 Å². The Labute approximate surface area is 156 Å². The highest BCUT2D eigenvalue weighted by Gasteiger charge is 2.52. The fraction of sp³-hybridized carbons (Fsp3) is 0.381. The summed E-state index contributed by atoms with van der Waals surface area (Å²) in [5.74, 6) is -0.0424. The molecule has 4 nitrogen and oxygen atoms in total. The highest BCUT2D eigenvalue weighted by Crippen LogP contribution is 2.36. The van der Waals surface area contributed by atoms with Gasteiger partial charge in [0.15, 0.2) is 0 Å². The first-order valence-electron chi connectivity index (χ1n) is 8.95. The van der Waals surface area contributed by atoms with E-state index in [4.69, 9.17) is 9.31 Å². The number of carbonyl (C=O) groups excluding carboxylic acids is 1. The average Bonchev–Trinajstić information content (AvgIpc) is 2.82. The van der Waals surface area contributed by atoms with Crippen molar-refractivity contribution in [3.8, 4) is 0 Å². The number of carbonyl (C=O) groups is 1. The minimum Gasteiger partial charge on any atom is -0.399 e. The van der Waals surface area contributed by atoms with Crippen molar-refractivity contribution < 1.29 is 14.1 Å². The standard InChI is InChI=1S/C21H26BNO3/c1-20(2)21(3,4)26-22(25-20)18-14-10-9-13-17(18)19(24)23(5)15-16-11-7-6-8-12-16/h6-14H,15H2,1-5H3. The Morgan fingerprint density at radius 2 is 1.46 bits per heavy atom. The first-order chi connectivity index (χ1) is 12.2. The fourth-order valence-corrected chi connectivity index (χ4v) is 3.00. The molecule has 1 aliphatic heterocycles. The molecule has 5 heteroatoms. The number of hydrogen-bond donors (Lipinski definition) is 0. The normalized spacial score (nSPS) is 18.0. The molecule has 0 bridgehead atoms. The molecule has 26 heavy (non-hydrogen) atoms. The molecule has 0 N–H and O–H groups in total. The molecule has 2 aromatic rings. The van der Waals surface area contributed by atoms with Crippen LogP contribution in [0.25, 0.3) is 0 Å². The van der Waals surface area contributed by atoms with Crippen molar-refractivity contribution in [3.63, 3.8) is 0 Å². The van der Waals surface area contributed by atoms with Crippen molar-refractivity contribution in [2.45, 2.75) is 45.4 Å². The number of benzene rings is 2. The lowest BCUT2D eigenvalue weighted by Gasteiger charge is -2.32. The summed E-state index contributed by atoms with van der Waals surface area (Å²) in [5, 5.41) is 0. The summed E-state index contributed by atoms with van der Waals surface area (Å²) in [6, 6.07) is 17.5. The molecule has 1 saturated heterocycles. The maximum Gasteiger partial charge on any atom is 0.495 e. The lowest BCUT2D eigenvalue weighted by Crippen LogP contribution is -2.41. The second kappa shape index (κ2) is 6.90. The summed E-state index contributed by atoms with van der Waals surface area (Å²) in [5.41, 5.74) is 1.60. The Hall–Kier alpha value is -2.11. The summed E-state index contributed by atoms with van der Waals surface area (Å²) in [7, 11) is 1.27. The molecule has 3 rings (SSSR count). The summed E-state index contributed by atoms with van der Waals surface area (Å²) in [4.78, 5) is 14.8. The van der Waals surface area contributed by atoms with E-state index < -0.39 is 18.3 Å². The fourth-order valence-electron chi connectivity index (χ4n) is 3.00. The molecule has 0 atom stereocenters. The van der Waals surface area contributed by atoms with E-state index in [9.17, 15) is 4.79 Å². The predicted molar refractivity (Wildman–Crippen MR) is 104 cm³/mol. The van der Waals surface area contributed by atoms with Gasteiger partial charge in [0.2, 0.25) is 0 Å². The Kier molecular flexibility index (Phi) is 4.95. The Bertz CT molecular complexity index is 773. The molecule has 136 valence electrons. The van der Waals surface area contributed by atoms with Gasteiger partial charge in [-0.3, -0.25) is 4.79 Å². The lowest BCUT2D eigenvalue weighted by molar-refractivity contribution is 0.00578. The maximum atomic E-state index is 13.1. The third kappa shape index (κ3) is 3.55. The average molecular weight is 351 g/mol. The topological polar surface area (TPSA) is 38.8 Å². The van der Waals surface area contributed by atoms with E-state index in [1.165, 1.54) is 0 Å². The first kappa shape index (κ1) is 18.7. The van der Waals surface area contributed by atoms with Crippen LogP contribution in [-0.2, 0) is 15.9 Å². The van der Waals surface area contributed by atoms with Gasteiger partial charge in [-0.15, -0.1) is 0 Å².